The summed E-state index contributed by atoms with van der Waals surface area (Å²) >= 11 is 1.26. The van der Waals surface area contributed by atoms with Crippen LogP contribution in [-0.2, 0) is 11.2 Å². The maximum atomic E-state index is 13.2. The van der Waals surface area contributed by atoms with E-state index in [0.717, 1.165) is 12.1 Å². The third-order valence-corrected chi connectivity index (χ3v) is 5.24. The van der Waals surface area contributed by atoms with Crippen molar-refractivity contribution in [2.75, 3.05) is 11.1 Å². The van der Waals surface area contributed by atoms with Crippen LogP contribution < -0.4 is 5.32 Å². The van der Waals surface area contributed by atoms with Gasteiger partial charge in [-0.15, -0.1) is 5.10 Å². The summed E-state index contributed by atoms with van der Waals surface area (Å²) in [6.07, 6.45) is 2.35. The maximum absolute atomic E-state index is 13.2. The summed E-state index contributed by atoms with van der Waals surface area (Å²) in [5.74, 6) is -0.304. The van der Waals surface area contributed by atoms with E-state index in [1.807, 2.05) is 24.3 Å². The molecule has 0 saturated carbocycles. The Morgan fingerprint density at radius 2 is 1.86 bits per heavy atom. The van der Waals surface area contributed by atoms with Gasteiger partial charge in [-0.25, -0.2) is 14.4 Å². The number of carbonyl (C=O) groups is 1. The number of nitrogens with zero attached hydrogens (tertiary/aromatic N) is 5. The van der Waals surface area contributed by atoms with E-state index in [2.05, 4.69) is 32.5 Å². The lowest BCUT2D eigenvalue weighted by atomic mass is 10.1. The Hall–Kier alpha value is -3.33. The molecule has 1 amide bonds. The Bertz CT molecular complexity index is 1140. The van der Waals surface area contributed by atoms with Gasteiger partial charge in [0, 0.05) is 5.69 Å². The Labute approximate surface area is 170 Å². The fraction of sp³-hybridized carbons (Fsp3) is 0.150. The molecular formula is C20H17FN6OS. The van der Waals surface area contributed by atoms with Crippen molar-refractivity contribution in [2.45, 2.75) is 18.4 Å². The predicted octanol–water partition coefficient (Wildman–Crippen LogP) is 3.64. The van der Waals surface area contributed by atoms with Gasteiger partial charge in [0.1, 0.15) is 17.2 Å². The largest absolute Gasteiger partial charge is 0.325 e. The van der Waals surface area contributed by atoms with Gasteiger partial charge >= 0.3 is 0 Å². The van der Waals surface area contributed by atoms with Crippen molar-refractivity contribution in [2.24, 2.45) is 0 Å². The van der Waals surface area contributed by atoms with Gasteiger partial charge in [0.25, 0.3) is 0 Å². The molecule has 0 aliphatic carbocycles. The number of rotatable bonds is 6. The van der Waals surface area contributed by atoms with Crippen LogP contribution in [0.3, 0.4) is 0 Å². The minimum absolute atomic E-state index is 0.142. The number of thioether (sulfide) groups is 1. The summed E-state index contributed by atoms with van der Waals surface area (Å²) < 4.78 is 14.7. The molecule has 0 radical (unpaired) electrons. The zero-order valence-corrected chi connectivity index (χ0v) is 16.4. The molecule has 2 aromatic carbocycles. The Balaban J connectivity index is 1.48. The molecule has 4 rings (SSSR count). The number of benzene rings is 2. The molecule has 146 valence electrons. The highest BCUT2D eigenvalue weighted by molar-refractivity contribution is 8.00. The summed E-state index contributed by atoms with van der Waals surface area (Å²) in [5, 5.41) is 11.7. The van der Waals surface area contributed by atoms with Gasteiger partial charge in [-0.3, -0.25) is 4.79 Å². The van der Waals surface area contributed by atoms with Crippen LogP contribution in [0.4, 0.5) is 10.1 Å². The van der Waals surface area contributed by atoms with Gasteiger partial charge in [-0.2, -0.15) is 4.68 Å². The lowest BCUT2D eigenvalue weighted by Gasteiger charge is -2.06. The topological polar surface area (TPSA) is 85.6 Å². The van der Waals surface area contributed by atoms with Crippen LogP contribution in [0.25, 0.3) is 16.9 Å². The molecule has 4 aromatic rings. The molecule has 0 fully saturated rings. The van der Waals surface area contributed by atoms with Gasteiger partial charge in [-0.05, 0) is 48.4 Å². The van der Waals surface area contributed by atoms with Gasteiger partial charge in [0.15, 0.2) is 11.2 Å². The van der Waals surface area contributed by atoms with Gasteiger partial charge in [-0.1, -0.05) is 36.0 Å². The first-order valence-electron chi connectivity index (χ1n) is 8.98. The van der Waals surface area contributed by atoms with Crippen LogP contribution in [0.5, 0.6) is 0 Å². The number of anilines is 1. The van der Waals surface area contributed by atoms with E-state index < -0.39 is 0 Å². The van der Waals surface area contributed by atoms with E-state index in [0.29, 0.717) is 21.9 Å². The number of amides is 1. The molecule has 1 N–H and O–H groups in total. The third kappa shape index (κ3) is 4.24. The van der Waals surface area contributed by atoms with E-state index in [4.69, 9.17) is 0 Å². The highest BCUT2D eigenvalue weighted by Crippen LogP contribution is 2.24. The smallest absolute Gasteiger partial charge is 0.234 e. The number of aryl methyl sites for hydroxylation is 1. The molecule has 29 heavy (non-hydrogen) atoms. The van der Waals surface area contributed by atoms with E-state index >= 15 is 0 Å². The zero-order valence-electron chi connectivity index (χ0n) is 15.5. The number of fused-ring (bicyclic) bond motifs is 1. The standard InChI is InChI=1S/C20H17FN6OS/c1-2-13-3-7-15(8-4-13)24-17(28)11-29-20-18-19(22-12-23-20)27(26-25-18)16-9-5-14(21)6-10-16/h3-10,12H,2,11H2,1H3,(H,24,28). The average Bonchev–Trinajstić information content (AvgIpc) is 3.18. The predicted molar refractivity (Wildman–Crippen MR) is 110 cm³/mol. The number of hydrogen-bond acceptors (Lipinski definition) is 6. The highest BCUT2D eigenvalue weighted by Gasteiger charge is 2.15. The summed E-state index contributed by atoms with van der Waals surface area (Å²) in [6.45, 7) is 2.08. The Morgan fingerprint density at radius 3 is 2.59 bits per heavy atom. The molecule has 9 heteroatoms. The van der Waals surface area contributed by atoms with Crippen molar-refractivity contribution in [3.63, 3.8) is 0 Å². The minimum atomic E-state index is -0.334. The normalized spacial score (nSPS) is 11.0. The van der Waals surface area contributed by atoms with Gasteiger partial charge < -0.3 is 5.32 Å². The molecule has 0 aliphatic rings. The lowest BCUT2D eigenvalue weighted by molar-refractivity contribution is -0.113. The number of carbonyl (C=O) groups excluding carboxylic acids is 1. The molecule has 2 aromatic heterocycles. The second-order valence-electron chi connectivity index (χ2n) is 6.22. The van der Waals surface area contributed by atoms with E-state index in [-0.39, 0.29) is 17.5 Å². The van der Waals surface area contributed by atoms with Crippen molar-refractivity contribution in [1.29, 1.82) is 0 Å². The monoisotopic (exact) mass is 408 g/mol. The fourth-order valence-electron chi connectivity index (χ4n) is 2.74. The van der Waals surface area contributed by atoms with Crippen LogP contribution in [-0.4, -0.2) is 36.6 Å². The van der Waals surface area contributed by atoms with E-state index in [9.17, 15) is 9.18 Å². The number of hydrogen-bond donors (Lipinski definition) is 1. The highest BCUT2D eigenvalue weighted by atomic mass is 32.2. The van der Waals surface area contributed by atoms with Crippen molar-refractivity contribution < 1.29 is 9.18 Å². The third-order valence-electron chi connectivity index (χ3n) is 4.26. The number of nitrogens with one attached hydrogen (secondary N) is 1. The first-order valence-corrected chi connectivity index (χ1v) is 9.96. The molecule has 0 saturated heterocycles. The van der Waals surface area contributed by atoms with Crippen LogP contribution in [0.1, 0.15) is 12.5 Å². The Morgan fingerprint density at radius 1 is 1.10 bits per heavy atom. The molecule has 0 spiro atoms. The molecular weight excluding hydrogens is 391 g/mol. The molecule has 7 nitrogen and oxygen atoms in total. The quantitative estimate of drug-likeness (QED) is 0.387. The summed E-state index contributed by atoms with van der Waals surface area (Å²) in [4.78, 5) is 20.7. The van der Waals surface area contributed by atoms with Crippen molar-refractivity contribution in [3.05, 3.63) is 66.2 Å². The van der Waals surface area contributed by atoms with Gasteiger partial charge in [0.2, 0.25) is 5.91 Å². The maximum Gasteiger partial charge on any atom is 0.234 e. The SMILES string of the molecule is CCc1ccc(NC(=O)CSc2ncnc3c2nnn3-c2ccc(F)cc2)cc1. The van der Waals surface area contributed by atoms with Gasteiger partial charge in [0.05, 0.1) is 11.4 Å². The first kappa shape index (κ1) is 19.0. The molecule has 0 bridgehead atoms. The van der Waals surface area contributed by atoms with E-state index in [1.54, 1.807) is 12.1 Å². The van der Waals surface area contributed by atoms with Crippen LogP contribution in [0, 0.1) is 5.82 Å². The second kappa shape index (κ2) is 8.36. The van der Waals surface area contributed by atoms with Crippen molar-refractivity contribution >= 4 is 34.5 Å². The van der Waals surface area contributed by atoms with Crippen molar-refractivity contribution in [1.82, 2.24) is 25.0 Å². The Kier molecular flexibility index (Phi) is 5.48. The van der Waals surface area contributed by atoms with E-state index in [1.165, 1.54) is 40.5 Å². The minimum Gasteiger partial charge on any atom is -0.325 e. The van der Waals surface area contributed by atoms with Crippen molar-refractivity contribution in [3.8, 4) is 5.69 Å². The molecule has 0 unspecified atom stereocenters. The molecule has 2 heterocycles. The molecule has 0 atom stereocenters. The van der Waals surface area contributed by atoms with Crippen LogP contribution >= 0.6 is 11.8 Å². The summed E-state index contributed by atoms with van der Waals surface area (Å²) in [6, 6.07) is 13.6. The zero-order chi connectivity index (χ0) is 20.2. The first-order chi connectivity index (χ1) is 14.1. The number of halogens is 1. The van der Waals surface area contributed by atoms with Crippen LogP contribution in [0.2, 0.25) is 0 Å². The summed E-state index contributed by atoms with van der Waals surface area (Å²) in [5.41, 5.74) is 3.58. The summed E-state index contributed by atoms with van der Waals surface area (Å²) in [7, 11) is 0. The lowest BCUT2D eigenvalue weighted by Crippen LogP contribution is -2.14. The molecule has 0 aliphatic heterocycles. The van der Waals surface area contributed by atoms with Crippen LogP contribution in [0.15, 0.2) is 59.9 Å². The second-order valence-corrected chi connectivity index (χ2v) is 7.18. The average molecular weight is 408 g/mol. The fourth-order valence-corrected chi connectivity index (χ4v) is 3.48. The number of aromatic nitrogens is 5.